The number of ether oxygens (including phenoxy) is 1. The second kappa shape index (κ2) is 4.07. The third-order valence-corrected chi connectivity index (χ3v) is 2.73. The molecule has 15 heavy (non-hydrogen) atoms. The molecule has 0 bridgehead atoms. The van der Waals surface area contributed by atoms with Gasteiger partial charge in [-0.3, -0.25) is 4.79 Å². The van der Waals surface area contributed by atoms with Crippen molar-refractivity contribution in [3.05, 3.63) is 40.4 Å². The fourth-order valence-electron chi connectivity index (χ4n) is 1.72. The molecule has 0 saturated carbocycles. The van der Waals surface area contributed by atoms with Crippen molar-refractivity contribution in [1.82, 2.24) is 0 Å². The van der Waals surface area contributed by atoms with Crippen molar-refractivity contribution in [3.63, 3.8) is 0 Å². The molecule has 1 aromatic rings. The van der Waals surface area contributed by atoms with E-state index in [1.807, 2.05) is 24.3 Å². The second-order valence-corrected chi connectivity index (χ2v) is 3.94. The first-order valence-electron chi connectivity index (χ1n) is 4.84. The normalized spacial score (nSPS) is 14.8. The van der Waals surface area contributed by atoms with E-state index < -0.39 is 0 Å². The third-order valence-electron chi connectivity index (χ3n) is 2.37. The third kappa shape index (κ3) is 2.05. The van der Waals surface area contributed by atoms with Crippen molar-refractivity contribution >= 4 is 23.3 Å². The predicted octanol–water partition coefficient (Wildman–Crippen LogP) is 3.10. The van der Waals surface area contributed by atoms with E-state index in [-0.39, 0.29) is 5.97 Å². The summed E-state index contributed by atoms with van der Waals surface area (Å²) in [6, 6.07) is 7.85. The molecule has 0 saturated heterocycles. The van der Waals surface area contributed by atoms with Gasteiger partial charge in [0.05, 0.1) is 5.03 Å². The number of fused-ring (bicyclic) bond motifs is 1. The van der Waals surface area contributed by atoms with E-state index >= 15 is 0 Å². The minimum atomic E-state index is -0.333. The van der Waals surface area contributed by atoms with Gasteiger partial charge in [-0.1, -0.05) is 35.9 Å². The number of benzene rings is 1. The largest absolute Gasteiger partial charge is 0.425 e. The van der Waals surface area contributed by atoms with Gasteiger partial charge in [-0.05, 0) is 18.4 Å². The first-order valence-corrected chi connectivity index (χ1v) is 5.21. The molecular weight excluding hydrogens is 212 g/mol. The molecule has 0 radical (unpaired) electrons. The van der Waals surface area contributed by atoms with Crippen molar-refractivity contribution in [2.45, 2.75) is 19.8 Å². The van der Waals surface area contributed by atoms with Gasteiger partial charge >= 0.3 is 5.97 Å². The molecule has 0 N–H and O–H groups in total. The van der Waals surface area contributed by atoms with Crippen molar-refractivity contribution in [3.8, 4) is 0 Å². The lowest BCUT2D eigenvalue weighted by atomic mass is 9.96. The molecule has 2 rings (SSSR count). The smallest absolute Gasteiger partial charge is 0.308 e. The highest BCUT2D eigenvalue weighted by Gasteiger charge is 2.19. The summed E-state index contributed by atoms with van der Waals surface area (Å²) >= 11 is 6.06. The van der Waals surface area contributed by atoms with E-state index in [1.54, 1.807) is 0 Å². The fraction of sp³-hybridized carbons (Fsp3) is 0.250. The first-order chi connectivity index (χ1) is 7.18. The van der Waals surface area contributed by atoms with Gasteiger partial charge in [0, 0.05) is 12.5 Å². The van der Waals surface area contributed by atoms with Crippen LogP contribution in [0.25, 0.3) is 5.76 Å². The Hall–Kier alpha value is -1.28. The molecule has 0 heterocycles. The van der Waals surface area contributed by atoms with E-state index in [0.29, 0.717) is 10.8 Å². The topological polar surface area (TPSA) is 26.3 Å². The monoisotopic (exact) mass is 222 g/mol. The highest BCUT2D eigenvalue weighted by molar-refractivity contribution is 6.32. The first kappa shape index (κ1) is 10.2. The summed E-state index contributed by atoms with van der Waals surface area (Å²) in [4.78, 5) is 11.0. The van der Waals surface area contributed by atoms with Crippen LogP contribution in [0.5, 0.6) is 0 Å². The summed E-state index contributed by atoms with van der Waals surface area (Å²) in [5.74, 6) is 0.186. The summed E-state index contributed by atoms with van der Waals surface area (Å²) < 4.78 is 5.14. The maximum absolute atomic E-state index is 11.0. The lowest BCUT2D eigenvalue weighted by Crippen LogP contribution is -2.07. The Kier molecular flexibility index (Phi) is 2.78. The molecule has 0 amide bonds. The number of esters is 1. The van der Waals surface area contributed by atoms with Gasteiger partial charge in [0.2, 0.25) is 0 Å². The van der Waals surface area contributed by atoms with Gasteiger partial charge in [0.15, 0.2) is 5.76 Å². The van der Waals surface area contributed by atoms with Gasteiger partial charge in [0.25, 0.3) is 0 Å². The molecule has 78 valence electrons. The highest BCUT2D eigenvalue weighted by Crippen LogP contribution is 2.33. The Labute approximate surface area is 93.5 Å². The average Bonchev–Trinajstić information content (AvgIpc) is 2.22. The Morgan fingerprint density at radius 3 is 2.80 bits per heavy atom. The van der Waals surface area contributed by atoms with E-state index in [1.165, 1.54) is 12.5 Å². The van der Waals surface area contributed by atoms with Crippen molar-refractivity contribution in [1.29, 1.82) is 0 Å². The van der Waals surface area contributed by atoms with Crippen LogP contribution in [0.3, 0.4) is 0 Å². The zero-order valence-corrected chi connectivity index (χ0v) is 9.17. The molecule has 1 aliphatic carbocycles. The molecule has 0 unspecified atom stereocenters. The quantitative estimate of drug-likeness (QED) is 0.683. The molecule has 1 aliphatic rings. The average molecular weight is 223 g/mol. The van der Waals surface area contributed by atoms with E-state index in [4.69, 9.17) is 16.3 Å². The standard InChI is InChI=1S/C12H11ClO2/c1-8(14)15-12-10-5-3-2-4-9(10)6-7-11(12)13/h2-5H,6-7H2,1H3. The summed E-state index contributed by atoms with van der Waals surface area (Å²) in [5.41, 5.74) is 2.11. The highest BCUT2D eigenvalue weighted by atomic mass is 35.5. The number of carbonyl (C=O) groups is 1. The molecule has 3 heteroatoms. The minimum Gasteiger partial charge on any atom is -0.425 e. The number of hydrogen-bond acceptors (Lipinski definition) is 2. The van der Waals surface area contributed by atoms with Crippen molar-refractivity contribution in [2.24, 2.45) is 0 Å². The molecule has 0 fully saturated rings. The molecule has 0 aromatic heterocycles. The number of halogens is 1. The Balaban J connectivity index is 2.45. The van der Waals surface area contributed by atoms with Crippen LogP contribution in [-0.2, 0) is 16.0 Å². The Morgan fingerprint density at radius 1 is 1.33 bits per heavy atom. The molecule has 0 spiro atoms. The summed E-state index contributed by atoms with van der Waals surface area (Å²) in [6.45, 7) is 1.38. The molecule has 2 nitrogen and oxygen atoms in total. The minimum absolute atomic E-state index is 0.333. The molecular formula is C12H11ClO2. The van der Waals surface area contributed by atoms with Gasteiger partial charge in [-0.25, -0.2) is 0 Å². The van der Waals surface area contributed by atoms with E-state index in [2.05, 4.69) is 0 Å². The number of aryl methyl sites for hydroxylation is 1. The van der Waals surface area contributed by atoms with Crippen LogP contribution in [0.1, 0.15) is 24.5 Å². The van der Waals surface area contributed by atoms with Crippen LogP contribution < -0.4 is 0 Å². The van der Waals surface area contributed by atoms with Crippen LogP contribution in [-0.4, -0.2) is 5.97 Å². The fourth-order valence-corrected chi connectivity index (χ4v) is 1.95. The number of hydrogen-bond donors (Lipinski definition) is 0. The SMILES string of the molecule is CC(=O)OC1=C(Cl)CCc2ccccc21. The summed E-state index contributed by atoms with van der Waals surface area (Å²) in [5, 5.41) is 0.629. The second-order valence-electron chi connectivity index (χ2n) is 3.48. The van der Waals surface area contributed by atoms with Crippen LogP contribution in [0.15, 0.2) is 29.3 Å². The van der Waals surface area contributed by atoms with Gasteiger partial charge in [-0.2, -0.15) is 0 Å². The molecule has 0 aliphatic heterocycles. The van der Waals surface area contributed by atoms with Crippen LogP contribution in [0, 0.1) is 0 Å². The zero-order chi connectivity index (χ0) is 10.8. The Morgan fingerprint density at radius 2 is 2.07 bits per heavy atom. The van der Waals surface area contributed by atoms with Gasteiger partial charge in [0.1, 0.15) is 0 Å². The predicted molar refractivity (Wildman–Crippen MR) is 59.3 cm³/mol. The number of rotatable bonds is 1. The van der Waals surface area contributed by atoms with Gasteiger partial charge < -0.3 is 4.74 Å². The van der Waals surface area contributed by atoms with E-state index in [0.717, 1.165) is 18.4 Å². The number of carbonyl (C=O) groups excluding carboxylic acids is 1. The van der Waals surface area contributed by atoms with Crippen LogP contribution in [0.4, 0.5) is 0 Å². The summed E-state index contributed by atoms with van der Waals surface area (Å²) in [7, 11) is 0. The maximum Gasteiger partial charge on any atom is 0.308 e. The van der Waals surface area contributed by atoms with Crippen LogP contribution in [0.2, 0.25) is 0 Å². The van der Waals surface area contributed by atoms with Crippen LogP contribution >= 0.6 is 11.6 Å². The Bertz CT molecular complexity index is 435. The van der Waals surface area contributed by atoms with Crippen molar-refractivity contribution < 1.29 is 9.53 Å². The maximum atomic E-state index is 11.0. The molecule has 1 aromatic carbocycles. The van der Waals surface area contributed by atoms with Gasteiger partial charge in [-0.15, -0.1) is 0 Å². The number of allylic oxidation sites excluding steroid dienone is 1. The van der Waals surface area contributed by atoms with E-state index in [9.17, 15) is 4.79 Å². The lowest BCUT2D eigenvalue weighted by molar-refractivity contribution is -0.134. The summed E-state index contributed by atoms with van der Waals surface area (Å²) in [6.07, 6.45) is 1.64. The lowest BCUT2D eigenvalue weighted by Gasteiger charge is -2.18. The molecule has 0 atom stereocenters. The van der Waals surface area contributed by atoms with Crippen molar-refractivity contribution in [2.75, 3.05) is 0 Å². The zero-order valence-electron chi connectivity index (χ0n) is 8.42.